The molecule has 0 saturated carbocycles. The molecule has 2 aromatic rings. The summed E-state index contributed by atoms with van der Waals surface area (Å²) in [5, 5.41) is 14.4. The molecule has 0 saturated heterocycles. The third-order valence-corrected chi connectivity index (χ3v) is 6.13. The Morgan fingerprint density at radius 1 is 1.36 bits per heavy atom. The predicted molar refractivity (Wildman–Crippen MR) is 103 cm³/mol. The Balaban J connectivity index is 2.32. The van der Waals surface area contributed by atoms with Gasteiger partial charge in [-0.15, -0.1) is 0 Å². The van der Waals surface area contributed by atoms with Crippen LogP contribution in [0.15, 0.2) is 18.2 Å². The van der Waals surface area contributed by atoms with Crippen LogP contribution in [0.2, 0.25) is 35.7 Å². The van der Waals surface area contributed by atoms with Gasteiger partial charge in [-0.25, -0.2) is 9.48 Å². The van der Waals surface area contributed by atoms with Crippen molar-refractivity contribution in [3.63, 3.8) is 0 Å². The second-order valence-corrected chi connectivity index (χ2v) is 13.3. The van der Waals surface area contributed by atoms with E-state index in [1.165, 1.54) is 4.68 Å². The molecule has 1 aromatic carbocycles. The molecule has 25 heavy (non-hydrogen) atoms. The number of hydrogen-bond acceptors (Lipinski definition) is 4. The highest BCUT2D eigenvalue weighted by Crippen LogP contribution is 2.36. The molecule has 0 radical (unpaired) electrons. The average molecular weight is 402 g/mol. The zero-order valence-electron chi connectivity index (χ0n) is 14.3. The fourth-order valence-corrected chi connectivity index (χ4v) is 3.36. The van der Waals surface area contributed by atoms with E-state index in [0.717, 1.165) is 6.04 Å². The molecule has 0 aliphatic carbocycles. The van der Waals surface area contributed by atoms with Gasteiger partial charge in [0.15, 0.2) is 5.69 Å². The highest BCUT2D eigenvalue weighted by molar-refractivity contribution is 6.76. The summed E-state index contributed by atoms with van der Waals surface area (Å²) in [5.74, 6) is -1.18. The van der Waals surface area contributed by atoms with E-state index in [4.69, 9.17) is 33.7 Å². The molecule has 1 aromatic heterocycles. The van der Waals surface area contributed by atoms with Crippen LogP contribution in [0.5, 0.6) is 0 Å². The molecule has 0 atom stereocenters. The first-order chi connectivity index (χ1) is 11.6. The minimum atomic E-state index is -1.23. The van der Waals surface area contributed by atoms with Crippen molar-refractivity contribution in [2.24, 2.45) is 0 Å². The summed E-state index contributed by atoms with van der Waals surface area (Å²) in [6.07, 6.45) is 0. The van der Waals surface area contributed by atoms with Gasteiger partial charge in [0.2, 0.25) is 0 Å². The maximum absolute atomic E-state index is 11.6. The average Bonchev–Trinajstić information content (AvgIpc) is 2.82. The van der Waals surface area contributed by atoms with Crippen LogP contribution in [-0.2, 0) is 11.5 Å². The molecule has 0 fully saturated rings. The first kappa shape index (κ1) is 19.8. The van der Waals surface area contributed by atoms with Gasteiger partial charge in [0, 0.05) is 20.2 Å². The Hall–Kier alpha value is -1.54. The molecule has 0 aliphatic rings. The van der Waals surface area contributed by atoms with Gasteiger partial charge in [-0.05, 0) is 12.1 Å². The maximum atomic E-state index is 11.6. The number of rotatable bonds is 7. The summed E-state index contributed by atoms with van der Waals surface area (Å²) in [6.45, 7) is 7.27. The standard InChI is InChI=1S/C16H21Cl2N3O3Si/c1-25(2,3)8-7-24-9-21-15(16(22)23)13(19)14(20-21)10-5-4-6-11(17)12(10)18/h4-6H,7-9,19H2,1-3H3,(H,22,23). The third kappa shape index (κ3) is 4.75. The van der Waals surface area contributed by atoms with Gasteiger partial charge in [-0.3, -0.25) is 0 Å². The number of aromatic carboxylic acids is 1. The molecule has 1 heterocycles. The van der Waals surface area contributed by atoms with E-state index in [9.17, 15) is 9.90 Å². The summed E-state index contributed by atoms with van der Waals surface area (Å²) in [6, 6.07) is 6.00. The number of carbonyl (C=O) groups is 1. The Morgan fingerprint density at radius 3 is 2.64 bits per heavy atom. The van der Waals surface area contributed by atoms with Gasteiger partial charge in [0.1, 0.15) is 12.4 Å². The molecule has 3 N–H and O–H groups in total. The summed E-state index contributed by atoms with van der Waals surface area (Å²) < 4.78 is 6.85. The van der Waals surface area contributed by atoms with Crippen molar-refractivity contribution in [1.29, 1.82) is 0 Å². The Bertz CT molecular complexity index is 788. The number of hydrogen-bond donors (Lipinski definition) is 2. The maximum Gasteiger partial charge on any atom is 0.356 e. The lowest BCUT2D eigenvalue weighted by Crippen LogP contribution is -2.22. The fraction of sp³-hybridized carbons (Fsp3) is 0.375. The van der Waals surface area contributed by atoms with Crippen LogP contribution in [0.1, 0.15) is 10.5 Å². The largest absolute Gasteiger partial charge is 0.476 e. The SMILES string of the molecule is C[Si](C)(C)CCOCn1nc(-c2cccc(Cl)c2Cl)c(N)c1C(=O)O. The molecule has 6 nitrogen and oxygen atoms in total. The van der Waals surface area contributed by atoms with Crippen LogP contribution < -0.4 is 5.73 Å². The summed E-state index contributed by atoms with van der Waals surface area (Å²) in [4.78, 5) is 11.6. The minimum absolute atomic E-state index is 0.00843. The lowest BCUT2D eigenvalue weighted by Gasteiger charge is -2.15. The van der Waals surface area contributed by atoms with Crippen molar-refractivity contribution in [2.45, 2.75) is 32.4 Å². The van der Waals surface area contributed by atoms with E-state index in [0.29, 0.717) is 17.2 Å². The van der Waals surface area contributed by atoms with Crippen molar-refractivity contribution in [3.8, 4) is 11.3 Å². The van der Waals surface area contributed by atoms with Crippen molar-refractivity contribution in [3.05, 3.63) is 33.9 Å². The number of nitrogens with two attached hydrogens (primary N) is 1. The second kappa shape index (κ2) is 7.78. The summed E-state index contributed by atoms with van der Waals surface area (Å²) in [7, 11) is -1.23. The highest BCUT2D eigenvalue weighted by Gasteiger charge is 2.24. The second-order valence-electron chi connectivity index (χ2n) is 6.86. The van der Waals surface area contributed by atoms with Crippen molar-refractivity contribution in [1.82, 2.24) is 9.78 Å². The zero-order chi connectivity index (χ0) is 18.8. The number of aromatic nitrogens is 2. The number of benzene rings is 1. The number of carboxylic acid groups (broad SMARTS) is 1. The van der Waals surface area contributed by atoms with Crippen molar-refractivity contribution < 1.29 is 14.6 Å². The number of ether oxygens (including phenoxy) is 1. The normalized spacial score (nSPS) is 11.7. The molecule has 0 spiro atoms. The van der Waals surface area contributed by atoms with E-state index in [-0.39, 0.29) is 28.8 Å². The Morgan fingerprint density at radius 2 is 2.04 bits per heavy atom. The van der Waals surface area contributed by atoms with E-state index < -0.39 is 14.0 Å². The predicted octanol–water partition coefficient (Wildman–Crippen LogP) is 4.45. The minimum Gasteiger partial charge on any atom is -0.476 e. The Kier molecular flexibility index (Phi) is 6.15. The molecule has 136 valence electrons. The number of nitrogen functional groups attached to an aromatic ring is 1. The summed E-state index contributed by atoms with van der Waals surface area (Å²) >= 11 is 12.2. The van der Waals surface area contributed by atoms with E-state index in [1.807, 2.05) is 0 Å². The molecule has 2 rings (SSSR count). The van der Waals surface area contributed by atoms with Crippen LogP contribution in [0.3, 0.4) is 0 Å². The molecular weight excluding hydrogens is 381 g/mol. The highest BCUT2D eigenvalue weighted by atomic mass is 35.5. The first-order valence-electron chi connectivity index (χ1n) is 7.73. The number of carboxylic acids is 1. The smallest absolute Gasteiger partial charge is 0.356 e. The monoisotopic (exact) mass is 401 g/mol. The van der Waals surface area contributed by atoms with E-state index >= 15 is 0 Å². The van der Waals surface area contributed by atoms with Crippen LogP contribution >= 0.6 is 23.2 Å². The van der Waals surface area contributed by atoms with Crippen LogP contribution in [0, 0.1) is 0 Å². The number of halogens is 2. The van der Waals surface area contributed by atoms with Gasteiger partial charge >= 0.3 is 5.97 Å². The van der Waals surface area contributed by atoms with Gasteiger partial charge in [-0.2, -0.15) is 5.10 Å². The van der Waals surface area contributed by atoms with E-state index in [1.54, 1.807) is 18.2 Å². The van der Waals surface area contributed by atoms with Crippen molar-refractivity contribution >= 4 is 42.9 Å². The zero-order valence-corrected chi connectivity index (χ0v) is 16.9. The lowest BCUT2D eigenvalue weighted by molar-refractivity contribution is 0.0593. The Labute approximate surface area is 157 Å². The molecular formula is C16H21Cl2N3O3Si. The van der Waals surface area contributed by atoms with E-state index in [2.05, 4.69) is 24.7 Å². The fourth-order valence-electron chi connectivity index (χ4n) is 2.21. The van der Waals surface area contributed by atoms with Gasteiger partial charge in [0.25, 0.3) is 0 Å². The number of anilines is 1. The van der Waals surface area contributed by atoms with Crippen LogP contribution in [0.4, 0.5) is 5.69 Å². The molecule has 9 heteroatoms. The van der Waals surface area contributed by atoms with Gasteiger partial charge in [-0.1, -0.05) is 55.0 Å². The summed E-state index contributed by atoms with van der Waals surface area (Å²) in [5.41, 5.74) is 6.68. The van der Waals surface area contributed by atoms with Crippen LogP contribution in [0.25, 0.3) is 11.3 Å². The lowest BCUT2D eigenvalue weighted by atomic mass is 10.1. The molecule has 0 bridgehead atoms. The molecule has 0 unspecified atom stereocenters. The van der Waals surface area contributed by atoms with Crippen LogP contribution in [-0.4, -0.2) is 35.5 Å². The topological polar surface area (TPSA) is 90.4 Å². The third-order valence-electron chi connectivity index (χ3n) is 3.61. The van der Waals surface area contributed by atoms with Gasteiger partial charge < -0.3 is 15.6 Å². The first-order valence-corrected chi connectivity index (χ1v) is 12.2. The molecule has 0 aliphatic heterocycles. The van der Waals surface area contributed by atoms with Crippen molar-refractivity contribution in [2.75, 3.05) is 12.3 Å². The quantitative estimate of drug-likeness (QED) is 0.528. The number of nitrogens with zero attached hydrogens (tertiary/aromatic N) is 2. The molecule has 0 amide bonds. The van der Waals surface area contributed by atoms with Gasteiger partial charge in [0.05, 0.1) is 15.7 Å².